The molecule has 1 heterocycles. The summed E-state index contributed by atoms with van der Waals surface area (Å²) in [4.78, 5) is 10.8. The second kappa shape index (κ2) is 3.21. The van der Waals surface area contributed by atoms with Crippen LogP contribution in [-0.2, 0) is 4.74 Å². The Labute approximate surface area is 63.4 Å². The molecule has 0 spiro atoms. The van der Waals surface area contributed by atoms with Crippen LogP contribution >= 0.6 is 0 Å². The van der Waals surface area contributed by atoms with E-state index in [4.69, 9.17) is 9.52 Å². The maximum Gasteiger partial charge on any atom is 0.376 e. The van der Waals surface area contributed by atoms with E-state index < -0.39 is 12.8 Å². The summed E-state index contributed by atoms with van der Waals surface area (Å²) in [5, 5.41) is 8.22. The molecule has 0 bridgehead atoms. The average Bonchev–Trinajstić information content (AvgIpc) is 2.36. The molecule has 0 saturated carbocycles. The molecule has 0 aliphatic heterocycles. The smallest absolute Gasteiger partial charge is 0.376 e. The Morgan fingerprint density at radius 2 is 2.45 bits per heavy atom. The van der Waals surface area contributed by atoms with Gasteiger partial charge in [0.05, 0.1) is 0 Å². The predicted molar refractivity (Wildman–Crippen MR) is 35.9 cm³/mol. The summed E-state index contributed by atoms with van der Waals surface area (Å²) in [5.41, 5.74) is 0. The Kier molecular flexibility index (Phi) is 2.28. The van der Waals surface area contributed by atoms with Crippen LogP contribution in [0.1, 0.15) is 16.3 Å². The van der Waals surface area contributed by atoms with E-state index in [0.29, 0.717) is 5.76 Å². The van der Waals surface area contributed by atoms with Gasteiger partial charge in [-0.15, -0.1) is 0 Å². The number of carbonyl (C=O) groups excluding carboxylic acids is 1. The summed E-state index contributed by atoms with van der Waals surface area (Å²) in [5.74, 6) is 0.0899. The molecule has 0 aromatic carbocycles. The maximum atomic E-state index is 10.8. The molecule has 4 nitrogen and oxygen atoms in total. The number of hydrogen-bond acceptors (Lipinski definition) is 4. The molecule has 0 unspecified atom stereocenters. The van der Waals surface area contributed by atoms with E-state index in [-0.39, 0.29) is 5.76 Å². The highest BCUT2D eigenvalue weighted by Gasteiger charge is 2.09. The second-order valence-corrected chi connectivity index (χ2v) is 1.97. The van der Waals surface area contributed by atoms with Crippen LogP contribution in [0, 0.1) is 6.92 Å². The van der Waals surface area contributed by atoms with Gasteiger partial charge >= 0.3 is 5.97 Å². The van der Waals surface area contributed by atoms with Gasteiger partial charge in [-0.05, 0) is 19.1 Å². The molecule has 1 aromatic rings. The van der Waals surface area contributed by atoms with Gasteiger partial charge < -0.3 is 14.3 Å². The highest BCUT2D eigenvalue weighted by atomic mass is 16.6. The number of rotatable bonds is 2. The monoisotopic (exact) mass is 156 g/mol. The summed E-state index contributed by atoms with van der Waals surface area (Å²) < 4.78 is 9.18. The number of aliphatic hydroxyl groups is 1. The molecule has 0 atom stereocenters. The van der Waals surface area contributed by atoms with Crippen molar-refractivity contribution in [3.63, 3.8) is 0 Å². The lowest BCUT2D eigenvalue weighted by Gasteiger charge is -1.94. The molecule has 11 heavy (non-hydrogen) atoms. The van der Waals surface area contributed by atoms with Gasteiger partial charge in [-0.1, -0.05) is 0 Å². The van der Waals surface area contributed by atoms with Crippen LogP contribution in [0.15, 0.2) is 16.5 Å². The van der Waals surface area contributed by atoms with Gasteiger partial charge in [0.1, 0.15) is 5.76 Å². The van der Waals surface area contributed by atoms with E-state index in [1.807, 2.05) is 0 Å². The summed E-state index contributed by atoms with van der Waals surface area (Å²) in [6.45, 7) is 1.09. The van der Waals surface area contributed by atoms with Gasteiger partial charge in [0.2, 0.25) is 5.76 Å². The molecule has 60 valence electrons. The van der Waals surface area contributed by atoms with Crippen LogP contribution in [-0.4, -0.2) is 17.9 Å². The van der Waals surface area contributed by atoms with Crippen molar-refractivity contribution >= 4 is 5.97 Å². The largest absolute Gasteiger partial charge is 0.454 e. The van der Waals surface area contributed by atoms with Crippen LogP contribution in [0.2, 0.25) is 0 Å². The minimum atomic E-state index is -0.652. The maximum absolute atomic E-state index is 10.8. The number of esters is 1. The fraction of sp³-hybridized carbons (Fsp3) is 0.286. The first-order valence-corrected chi connectivity index (χ1v) is 3.08. The molecule has 0 aliphatic carbocycles. The SMILES string of the molecule is Cc1ccc(C(=O)OCO)o1. The van der Waals surface area contributed by atoms with E-state index in [1.165, 1.54) is 6.07 Å². The van der Waals surface area contributed by atoms with E-state index >= 15 is 0 Å². The Hall–Kier alpha value is -1.29. The minimum Gasteiger partial charge on any atom is -0.454 e. The van der Waals surface area contributed by atoms with Crippen molar-refractivity contribution in [2.75, 3.05) is 6.79 Å². The zero-order valence-electron chi connectivity index (χ0n) is 6.03. The first-order chi connectivity index (χ1) is 5.24. The first-order valence-electron chi connectivity index (χ1n) is 3.08. The normalized spacial score (nSPS) is 9.64. The van der Waals surface area contributed by atoms with Crippen molar-refractivity contribution in [1.29, 1.82) is 0 Å². The molecule has 1 aromatic heterocycles. The molecule has 0 fully saturated rings. The van der Waals surface area contributed by atoms with E-state index in [9.17, 15) is 4.79 Å². The number of carbonyl (C=O) groups is 1. The Bertz CT molecular complexity index is 251. The minimum absolute atomic E-state index is 0.108. The molecular weight excluding hydrogens is 148 g/mol. The number of aryl methyl sites for hydroxylation is 1. The predicted octanol–water partition coefficient (Wildman–Crippen LogP) is 0.695. The van der Waals surface area contributed by atoms with Gasteiger partial charge in [-0.2, -0.15) is 0 Å². The number of aliphatic hydroxyl groups excluding tert-OH is 1. The zero-order valence-corrected chi connectivity index (χ0v) is 6.03. The van der Waals surface area contributed by atoms with E-state index in [1.54, 1.807) is 13.0 Å². The van der Waals surface area contributed by atoms with Crippen molar-refractivity contribution in [1.82, 2.24) is 0 Å². The Balaban J connectivity index is 2.69. The molecular formula is C7H8O4. The van der Waals surface area contributed by atoms with Gasteiger partial charge in [0, 0.05) is 0 Å². The summed E-state index contributed by atoms with van der Waals surface area (Å²) >= 11 is 0. The van der Waals surface area contributed by atoms with Gasteiger partial charge in [-0.3, -0.25) is 0 Å². The lowest BCUT2D eigenvalue weighted by molar-refractivity contribution is 0.00372. The standard InChI is InChI=1S/C7H8O4/c1-5-2-3-6(11-5)7(9)10-4-8/h2-3,8H,4H2,1H3. The van der Waals surface area contributed by atoms with Crippen LogP contribution in [0.3, 0.4) is 0 Å². The van der Waals surface area contributed by atoms with Crippen LogP contribution in [0.25, 0.3) is 0 Å². The van der Waals surface area contributed by atoms with Crippen molar-refractivity contribution in [2.24, 2.45) is 0 Å². The molecule has 0 aliphatic rings. The summed E-state index contributed by atoms with van der Waals surface area (Å²) in [7, 11) is 0. The summed E-state index contributed by atoms with van der Waals surface area (Å²) in [6, 6.07) is 3.14. The third-order valence-electron chi connectivity index (χ3n) is 1.14. The van der Waals surface area contributed by atoms with Crippen molar-refractivity contribution < 1.29 is 19.1 Å². The Morgan fingerprint density at radius 3 is 2.91 bits per heavy atom. The number of furan rings is 1. The number of ether oxygens (including phenoxy) is 1. The van der Waals surface area contributed by atoms with Crippen LogP contribution < -0.4 is 0 Å². The summed E-state index contributed by atoms with van der Waals surface area (Å²) in [6.07, 6.45) is 0. The topological polar surface area (TPSA) is 59.7 Å². The molecule has 0 amide bonds. The van der Waals surface area contributed by atoms with Crippen molar-refractivity contribution in [3.8, 4) is 0 Å². The fourth-order valence-electron chi connectivity index (χ4n) is 0.674. The van der Waals surface area contributed by atoms with Crippen molar-refractivity contribution in [3.05, 3.63) is 23.7 Å². The highest BCUT2D eigenvalue weighted by molar-refractivity contribution is 5.86. The van der Waals surface area contributed by atoms with Crippen molar-refractivity contribution in [2.45, 2.75) is 6.92 Å². The lowest BCUT2D eigenvalue weighted by Crippen LogP contribution is -2.03. The van der Waals surface area contributed by atoms with Gasteiger partial charge in [-0.25, -0.2) is 4.79 Å². The Morgan fingerprint density at radius 1 is 1.73 bits per heavy atom. The number of hydrogen-bond donors (Lipinski definition) is 1. The lowest BCUT2D eigenvalue weighted by atomic mass is 10.4. The third-order valence-corrected chi connectivity index (χ3v) is 1.14. The molecule has 4 heteroatoms. The molecule has 0 radical (unpaired) electrons. The highest BCUT2D eigenvalue weighted by Crippen LogP contribution is 2.06. The molecule has 1 N–H and O–H groups in total. The molecule has 0 saturated heterocycles. The first kappa shape index (κ1) is 7.81. The van der Waals surface area contributed by atoms with Gasteiger partial charge in [0.15, 0.2) is 6.79 Å². The second-order valence-electron chi connectivity index (χ2n) is 1.97. The van der Waals surface area contributed by atoms with Crippen LogP contribution in [0.4, 0.5) is 0 Å². The fourth-order valence-corrected chi connectivity index (χ4v) is 0.674. The quantitative estimate of drug-likeness (QED) is 0.505. The van der Waals surface area contributed by atoms with E-state index in [0.717, 1.165) is 0 Å². The van der Waals surface area contributed by atoms with Gasteiger partial charge in [0.25, 0.3) is 0 Å². The van der Waals surface area contributed by atoms with Crippen LogP contribution in [0.5, 0.6) is 0 Å². The molecule has 1 rings (SSSR count). The average molecular weight is 156 g/mol. The van der Waals surface area contributed by atoms with E-state index in [2.05, 4.69) is 4.74 Å². The third kappa shape index (κ3) is 1.81. The zero-order chi connectivity index (χ0) is 8.27.